The molecule has 80 valence electrons. The highest BCUT2D eigenvalue weighted by Crippen LogP contribution is 2.14. The lowest BCUT2D eigenvalue weighted by Crippen LogP contribution is -2.42. The fourth-order valence-corrected chi connectivity index (χ4v) is 1.54. The van der Waals surface area contributed by atoms with Gasteiger partial charge in [-0.05, 0) is 26.9 Å². The standard InChI is InChI=1S/C9H16N2O3/c1-6(9(13)14)10-8(12)7-3-4-11(2)5-7/h6-7H,3-5H2,1-2H3,(H,10,12)(H,13,14)/t6-,7?/m0/s1. The largest absolute Gasteiger partial charge is 0.480 e. The summed E-state index contributed by atoms with van der Waals surface area (Å²) in [6.45, 7) is 3.09. The van der Waals surface area contributed by atoms with Crippen molar-refractivity contribution >= 4 is 11.9 Å². The first-order chi connectivity index (χ1) is 6.50. The Bertz CT molecular complexity index is 242. The topological polar surface area (TPSA) is 69.6 Å². The lowest BCUT2D eigenvalue weighted by Gasteiger charge is -2.13. The van der Waals surface area contributed by atoms with Crippen molar-refractivity contribution < 1.29 is 14.7 Å². The molecular weight excluding hydrogens is 184 g/mol. The SMILES string of the molecule is C[C@H](NC(=O)C1CCN(C)C1)C(=O)O. The summed E-state index contributed by atoms with van der Waals surface area (Å²) in [7, 11) is 1.95. The van der Waals surface area contributed by atoms with Gasteiger partial charge in [-0.25, -0.2) is 0 Å². The first-order valence-electron chi connectivity index (χ1n) is 4.72. The van der Waals surface area contributed by atoms with Crippen molar-refractivity contribution in [2.75, 3.05) is 20.1 Å². The molecule has 2 N–H and O–H groups in total. The van der Waals surface area contributed by atoms with Crippen LogP contribution in [0.1, 0.15) is 13.3 Å². The number of nitrogens with one attached hydrogen (secondary N) is 1. The van der Waals surface area contributed by atoms with Crippen LogP contribution in [0, 0.1) is 5.92 Å². The van der Waals surface area contributed by atoms with Crippen LogP contribution in [0.25, 0.3) is 0 Å². The van der Waals surface area contributed by atoms with Gasteiger partial charge >= 0.3 is 5.97 Å². The highest BCUT2D eigenvalue weighted by molar-refractivity contribution is 5.85. The predicted octanol–water partition coefficient (Wildman–Crippen LogP) is -0.473. The first kappa shape index (κ1) is 11.0. The van der Waals surface area contributed by atoms with Gasteiger partial charge in [-0.1, -0.05) is 0 Å². The second kappa shape index (κ2) is 4.41. The lowest BCUT2D eigenvalue weighted by atomic mass is 10.1. The van der Waals surface area contributed by atoms with E-state index in [1.54, 1.807) is 0 Å². The zero-order valence-electron chi connectivity index (χ0n) is 8.49. The maximum atomic E-state index is 11.5. The molecule has 5 heteroatoms. The molecule has 1 unspecified atom stereocenters. The summed E-state index contributed by atoms with van der Waals surface area (Å²) < 4.78 is 0. The quantitative estimate of drug-likeness (QED) is 0.646. The molecule has 2 atom stereocenters. The summed E-state index contributed by atoms with van der Waals surface area (Å²) in [6.07, 6.45) is 0.814. The van der Waals surface area contributed by atoms with E-state index in [0.29, 0.717) is 0 Å². The molecule has 1 amide bonds. The number of carbonyl (C=O) groups is 2. The Kier molecular flexibility index (Phi) is 3.46. The first-order valence-corrected chi connectivity index (χ1v) is 4.72. The molecule has 1 heterocycles. The third-order valence-electron chi connectivity index (χ3n) is 2.49. The fourth-order valence-electron chi connectivity index (χ4n) is 1.54. The minimum atomic E-state index is -0.996. The van der Waals surface area contributed by atoms with E-state index in [2.05, 4.69) is 10.2 Å². The number of carbonyl (C=O) groups excluding carboxylic acids is 1. The number of likely N-dealkylation sites (tertiary alicyclic amines) is 1. The number of hydrogen-bond acceptors (Lipinski definition) is 3. The average molecular weight is 200 g/mol. The molecule has 0 aliphatic carbocycles. The van der Waals surface area contributed by atoms with Gasteiger partial charge in [-0.3, -0.25) is 9.59 Å². The van der Waals surface area contributed by atoms with E-state index in [9.17, 15) is 9.59 Å². The zero-order chi connectivity index (χ0) is 10.7. The third-order valence-corrected chi connectivity index (χ3v) is 2.49. The van der Waals surface area contributed by atoms with Crippen LogP contribution in [0.3, 0.4) is 0 Å². The van der Waals surface area contributed by atoms with Crippen LogP contribution >= 0.6 is 0 Å². The van der Waals surface area contributed by atoms with Crippen LogP contribution in [-0.2, 0) is 9.59 Å². The van der Waals surface area contributed by atoms with Gasteiger partial charge in [0, 0.05) is 6.54 Å². The van der Waals surface area contributed by atoms with Gasteiger partial charge in [0.15, 0.2) is 0 Å². The van der Waals surface area contributed by atoms with Gasteiger partial charge in [0.2, 0.25) is 5.91 Å². The maximum Gasteiger partial charge on any atom is 0.325 e. The van der Waals surface area contributed by atoms with E-state index >= 15 is 0 Å². The average Bonchev–Trinajstić information content (AvgIpc) is 2.51. The summed E-state index contributed by atoms with van der Waals surface area (Å²) in [5, 5.41) is 11.1. The monoisotopic (exact) mass is 200 g/mol. The van der Waals surface area contributed by atoms with Crippen molar-refractivity contribution in [2.24, 2.45) is 5.92 Å². The van der Waals surface area contributed by atoms with E-state index in [1.165, 1.54) is 6.92 Å². The highest BCUT2D eigenvalue weighted by atomic mass is 16.4. The number of aliphatic carboxylic acids is 1. The molecule has 0 aromatic heterocycles. The van der Waals surface area contributed by atoms with Crippen molar-refractivity contribution in [3.05, 3.63) is 0 Å². The van der Waals surface area contributed by atoms with Crippen molar-refractivity contribution in [1.29, 1.82) is 0 Å². The summed E-state index contributed by atoms with van der Waals surface area (Å²) >= 11 is 0. The van der Waals surface area contributed by atoms with Crippen LogP contribution in [0.5, 0.6) is 0 Å². The molecule has 0 radical (unpaired) electrons. The van der Waals surface area contributed by atoms with Crippen molar-refractivity contribution in [3.8, 4) is 0 Å². The molecule has 0 aromatic rings. The van der Waals surface area contributed by atoms with Crippen molar-refractivity contribution in [1.82, 2.24) is 10.2 Å². The number of nitrogens with zero attached hydrogens (tertiary/aromatic N) is 1. The van der Waals surface area contributed by atoms with E-state index in [0.717, 1.165) is 19.5 Å². The molecule has 1 rings (SSSR count). The molecule has 1 saturated heterocycles. The lowest BCUT2D eigenvalue weighted by molar-refractivity contribution is -0.141. The molecule has 5 nitrogen and oxygen atoms in total. The van der Waals surface area contributed by atoms with Crippen LogP contribution in [0.2, 0.25) is 0 Å². The van der Waals surface area contributed by atoms with Gasteiger partial charge < -0.3 is 15.3 Å². The van der Waals surface area contributed by atoms with Crippen LogP contribution in [0.4, 0.5) is 0 Å². The fraction of sp³-hybridized carbons (Fsp3) is 0.778. The number of carboxylic acid groups (broad SMARTS) is 1. The minimum absolute atomic E-state index is 0.0539. The summed E-state index contributed by atoms with van der Waals surface area (Å²) in [6, 6.07) is -0.798. The Morgan fingerprint density at radius 1 is 1.57 bits per heavy atom. The second-order valence-corrected chi connectivity index (χ2v) is 3.82. The predicted molar refractivity (Wildman–Crippen MR) is 50.8 cm³/mol. The zero-order valence-corrected chi connectivity index (χ0v) is 8.49. The Balaban J connectivity index is 2.39. The Morgan fingerprint density at radius 2 is 2.21 bits per heavy atom. The van der Waals surface area contributed by atoms with Gasteiger partial charge in [0.1, 0.15) is 6.04 Å². The van der Waals surface area contributed by atoms with Gasteiger partial charge in [-0.2, -0.15) is 0 Å². The molecule has 0 bridgehead atoms. The number of amides is 1. The Morgan fingerprint density at radius 3 is 2.64 bits per heavy atom. The van der Waals surface area contributed by atoms with E-state index in [4.69, 9.17) is 5.11 Å². The molecule has 0 saturated carbocycles. The van der Waals surface area contributed by atoms with Crippen molar-refractivity contribution in [3.63, 3.8) is 0 Å². The van der Waals surface area contributed by atoms with Crippen LogP contribution in [-0.4, -0.2) is 48.1 Å². The highest BCUT2D eigenvalue weighted by Gasteiger charge is 2.27. The van der Waals surface area contributed by atoms with Crippen LogP contribution in [0.15, 0.2) is 0 Å². The Hall–Kier alpha value is -1.10. The Labute approximate surface area is 83.1 Å². The maximum absolute atomic E-state index is 11.5. The minimum Gasteiger partial charge on any atom is -0.480 e. The summed E-state index contributed by atoms with van der Waals surface area (Å²) in [4.78, 5) is 24.1. The summed E-state index contributed by atoms with van der Waals surface area (Å²) in [5.74, 6) is -1.20. The van der Waals surface area contributed by atoms with E-state index < -0.39 is 12.0 Å². The van der Waals surface area contributed by atoms with Gasteiger partial charge in [0.25, 0.3) is 0 Å². The normalized spacial score (nSPS) is 24.6. The molecule has 1 aliphatic rings. The summed E-state index contributed by atoms with van der Waals surface area (Å²) in [5.41, 5.74) is 0. The number of rotatable bonds is 3. The molecular formula is C9H16N2O3. The van der Waals surface area contributed by atoms with E-state index in [1.807, 2.05) is 7.05 Å². The second-order valence-electron chi connectivity index (χ2n) is 3.82. The molecule has 0 spiro atoms. The third kappa shape index (κ3) is 2.70. The number of hydrogen-bond donors (Lipinski definition) is 2. The molecule has 1 aliphatic heterocycles. The van der Waals surface area contributed by atoms with Gasteiger partial charge in [-0.15, -0.1) is 0 Å². The number of carboxylic acids is 1. The molecule has 0 aromatic carbocycles. The van der Waals surface area contributed by atoms with Crippen LogP contribution < -0.4 is 5.32 Å². The van der Waals surface area contributed by atoms with Gasteiger partial charge in [0.05, 0.1) is 5.92 Å². The van der Waals surface area contributed by atoms with Crippen molar-refractivity contribution in [2.45, 2.75) is 19.4 Å². The molecule has 14 heavy (non-hydrogen) atoms. The van der Waals surface area contributed by atoms with E-state index in [-0.39, 0.29) is 11.8 Å². The molecule has 1 fully saturated rings. The smallest absolute Gasteiger partial charge is 0.325 e.